The van der Waals surface area contributed by atoms with Crippen LogP contribution in [-0.4, -0.2) is 57.7 Å². The van der Waals surface area contributed by atoms with Crippen LogP contribution in [0.25, 0.3) is 5.70 Å². The summed E-state index contributed by atoms with van der Waals surface area (Å²) < 4.78 is 19.4. The molecular weight excluding hydrogens is 542 g/mol. The van der Waals surface area contributed by atoms with Gasteiger partial charge in [0.2, 0.25) is 0 Å². The fraction of sp³-hybridized carbons (Fsp3) is 0.379. The first kappa shape index (κ1) is 23.2. The van der Waals surface area contributed by atoms with Crippen LogP contribution in [0.5, 0.6) is 0 Å². The maximum atomic E-state index is 14.5. The first-order valence-electron chi connectivity index (χ1n) is 12.9. The van der Waals surface area contributed by atoms with Gasteiger partial charge < -0.3 is 0 Å². The van der Waals surface area contributed by atoms with Crippen LogP contribution in [0.1, 0.15) is 61.6 Å². The number of halogens is 1. The molecule has 178 valence electrons. The van der Waals surface area contributed by atoms with Crippen molar-refractivity contribution in [2.75, 3.05) is 24.5 Å². The number of benzene rings is 2. The SMILES string of the molecule is CC(=O)CC(=O)N1C2=[CH][In]([C]3=CCN(CC3)CCC3CCCc4ccc1cc43)[c]1cc(F)ccc12. The van der Waals surface area contributed by atoms with Crippen molar-refractivity contribution in [3.63, 3.8) is 0 Å². The van der Waals surface area contributed by atoms with Crippen LogP contribution in [0.3, 0.4) is 0 Å². The van der Waals surface area contributed by atoms with E-state index in [-0.39, 0.29) is 23.9 Å². The third-order valence-corrected chi connectivity index (χ3v) is 17.1. The van der Waals surface area contributed by atoms with Gasteiger partial charge in [0.1, 0.15) is 0 Å². The molecule has 7 rings (SSSR count). The Balaban J connectivity index is 1.56. The predicted molar refractivity (Wildman–Crippen MR) is 138 cm³/mol. The molecular formula is C29H30FInN2O2. The second-order valence-corrected chi connectivity index (χ2v) is 18.0. The summed E-state index contributed by atoms with van der Waals surface area (Å²) in [5, 5.41) is 0. The summed E-state index contributed by atoms with van der Waals surface area (Å²) in [4.78, 5) is 30.0. The molecule has 0 saturated heterocycles. The summed E-state index contributed by atoms with van der Waals surface area (Å²) in [5.41, 5.74) is 5.41. The fourth-order valence-electron chi connectivity index (χ4n) is 6.45. The van der Waals surface area contributed by atoms with Crippen LogP contribution >= 0.6 is 0 Å². The number of hydrogen-bond acceptors (Lipinski definition) is 3. The Morgan fingerprint density at radius 3 is 2.77 bits per heavy atom. The molecule has 0 radical (unpaired) electrons. The molecule has 6 bridgehead atoms. The first-order valence-corrected chi connectivity index (χ1v) is 18.1. The number of hydrogen-bond donors (Lipinski definition) is 0. The van der Waals surface area contributed by atoms with Crippen LogP contribution < -0.4 is 8.22 Å². The van der Waals surface area contributed by atoms with E-state index >= 15 is 0 Å². The third kappa shape index (κ3) is 4.33. The van der Waals surface area contributed by atoms with E-state index < -0.39 is 21.4 Å². The monoisotopic (exact) mass is 572 g/mol. The van der Waals surface area contributed by atoms with Crippen molar-refractivity contribution >= 4 is 47.8 Å². The van der Waals surface area contributed by atoms with Gasteiger partial charge >= 0.3 is 215 Å². The molecule has 4 nitrogen and oxygen atoms in total. The second kappa shape index (κ2) is 9.36. The molecule has 4 heterocycles. The Hall–Kier alpha value is -2.18. The molecule has 1 aliphatic carbocycles. The molecule has 5 aliphatic rings. The van der Waals surface area contributed by atoms with Gasteiger partial charge in [0, 0.05) is 0 Å². The third-order valence-electron chi connectivity index (χ3n) is 8.19. The zero-order valence-electron chi connectivity index (χ0n) is 20.2. The Kier molecular flexibility index (Phi) is 6.21. The van der Waals surface area contributed by atoms with Crippen molar-refractivity contribution < 1.29 is 14.0 Å². The van der Waals surface area contributed by atoms with E-state index in [1.807, 2.05) is 12.1 Å². The van der Waals surface area contributed by atoms with Gasteiger partial charge in [-0.25, -0.2) is 0 Å². The quantitative estimate of drug-likeness (QED) is 0.501. The summed E-state index contributed by atoms with van der Waals surface area (Å²) in [5.74, 6) is -0.0654. The Labute approximate surface area is 214 Å². The van der Waals surface area contributed by atoms with Gasteiger partial charge in [-0.15, -0.1) is 0 Å². The summed E-state index contributed by atoms with van der Waals surface area (Å²) in [6, 6.07) is 11.5. The maximum absolute atomic E-state index is 14.5. The summed E-state index contributed by atoms with van der Waals surface area (Å²) >= 11 is -2.69. The molecule has 2 aromatic carbocycles. The number of carbonyl (C=O) groups is 2. The molecule has 0 saturated carbocycles. The van der Waals surface area contributed by atoms with Gasteiger partial charge in [0.25, 0.3) is 0 Å². The average Bonchev–Trinajstić information content (AvgIpc) is 3.20. The fourth-order valence-corrected chi connectivity index (χ4v) is 15.5. The molecule has 2 aromatic rings. The van der Waals surface area contributed by atoms with Gasteiger partial charge in [0.15, 0.2) is 0 Å². The molecule has 35 heavy (non-hydrogen) atoms. The number of nitrogens with zero attached hydrogens (tertiary/aromatic N) is 2. The molecule has 4 aliphatic heterocycles. The first-order chi connectivity index (χ1) is 17.0. The Morgan fingerprint density at radius 2 is 1.97 bits per heavy atom. The Bertz CT molecular complexity index is 1280. The molecule has 6 heteroatoms. The predicted octanol–water partition coefficient (Wildman–Crippen LogP) is 4.43. The molecule has 2 unspecified atom stereocenters. The van der Waals surface area contributed by atoms with Crippen LogP contribution in [0.2, 0.25) is 0 Å². The minimum atomic E-state index is -2.69. The number of fused-ring (bicyclic) bond motifs is 4. The molecule has 0 aromatic heterocycles. The van der Waals surface area contributed by atoms with Crippen LogP contribution in [0.15, 0.2) is 49.6 Å². The van der Waals surface area contributed by atoms with E-state index in [0.717, 1.165) is 59.2 Å². The summed E-state index contributed by atoms with van der Waals surface area (Å²) in [6.45, 7) is 4.57. The van der Waals surface area contributed by atoms with E-state index in [1.165, 1.54) is 40.3 Å². The van der Waals surface area contributed by atoms with E-state index in [0.29, 0.717) is 5.92 Å². The zero-order chi connectivity index (χ0) is 24.1. The number of carbonyl (C=O) groups excluding carboxylic acids is 2. The van der Waals surface area contributed by atoms with Crippen LogP contribution in [-0.2, 0) is 16.0 Å². The van der Waals surface area contributed by atoms with Gasteiger partial charge in [-0.1, -0.05) is 0 Å². The number of Topliss-reactive ketones (excluding diaryl/α,β-unsaturated/α-hetero) is 1. The number of anilines is 1. The van der Waals surface area contributed by atoms with E-state index in [9.17, 15) is 14.0 Å². The topological polar surface area (TPSA) is 40.6 Å². The van der Waals surface area contributed by atoms with Crippen molar-refractivity contribution in [3.8, 4) is 0 Å². The van der Waals surface area contributed by atoms with Crippen molar-refractivity contribution in [1.29, 1.82) is 0 Å². The van der Waals surface area contributed by atoms with Crippen molar-refractivity contribution in [1.82, 2.24) is 4.90 Å². The number of ketones is 1. The van der Waals surface area contributed by atoms with Gasteiger partial charge in [-0.2, -0.15) is 0 Å². The normalized spacial score (nSPS) is 22.8. The standard InChI is InChI=1S/C29H30FN2O2.In/c1-21(33)19-29(34)32(22(2)23-9-12-26(30)13-10-23)27-14-11-24-7-6-8-25(28(24)20-27)15-18-31-16-4-3-5-17-31;/h2,4,9,11-14,20,25H,5-8,15-19H2,1H3;. The molecule has 1 amide bonds. The number of rotatable bonds is 2. The van der Waals surface area contributed by atoms with Crippen molar-refractivity contribution in [2.24, 2.45) is 0 Å². The minimum absolute atomic E-state index is 0.133. The van der Waals surface area contributed by atoms with Gasteiger partial charge in [-0.05, 0) is 0 Å². The van der Waals surface area contributed by atoms with E-state index in [1.54, 1.807) is 11.0 Å². The second-order valence-electron chi connectivity index (χ2n) is 10.5. The van der Waals surface area contributed by atoms with E-state index in [2.05, 4.69) is 26.9 Å². The van der Waals surface area contributed by atoms with Crippen molar-refractivity contribution in [2.45, 2.75) is 51.4 Å². The number of amides is 1. The molecule has 0 spiro atoms. The molecule has 0 fully saturated rings. The van der Waals surface area contributed by atoms with Gasteiger partial charge in [0.05, 0.1) is 0 Å². The Morgan fingerprint density at radius 1 is 1.09 bits per heavy atom. The molecule has 0 N–H and O–H groups in total. The van der Waals surface area contributed by atoms with Gasteiger partial charge in [-0.3, -0.25) is 0 Å². The number of aryl methyl sites for hydroxylation is 1. The van der Waals surface area contributed by atoms with Crippen LogP contribution in [0, 0.1) is 5.82 Å². The van der Waals surface area contributed by atoms with Crippen molar-refractivity contribution in [3.05, 3.63) is 72.1 Å². The average molecular weight is 572 g/mol. The van der Waals surface area contributed by atoms with E-state index in [4.69, 9.17) is 0 Å². The summed E-state index contributed by atoms with van der Waals surface area (Å²) in [7, 11) is 0. The zero-order valence-corrected chi connectivity index (χ0v) is 23.5. The van der Waals surface area contributed by atoms with Crippen LogP contribution in [0.4, 0.5) is 10.1 Å². The summed E-state index contributed by atoms with van der Waals surface area (Å²) in [6.07, 6.45) is 7.88. The molecule has 2 atom stereocenters.